The van der Waals surface area contributed by atoms with Gasteiger partial charge in [0.15, 0.2) is 5.17 Å². The van der Waals surface area contributed by atoms with Crippen LogP contribution in [0.1, 0.15) is 28.7 Å². The Labute approximate surface area is 209 Å². The van der Waals surface area contributed by atoms with Gasteiger partial charge < -0.3 is 4.74 Å². The normalized spacial score (nSPS) is 17.6. The number of aliphatic imine (C=N–C) groups is 1. The summed E-state index contributed by atoms with van der Waals surface area (Å²) in [5.41, 5.74) is 5.77. The second kappa shape index (κ2) is 10.1. The van der Waals surface area contributed by atoms with Gasteiger partial charge in [-0.05, 0) is 102 Å². The van der Waals surface area contributed by atoms with Crippen LogP contribution in [0.5, 0.6) is 5.75 Å². The highest BCUT2D eigenvalue weighted by Gasteiger charge is 2.33. The number of methoxy groups -OCH3 is 1. The molecule has 6 heteroatoms. The van der Waals surface area contributed by atoms with Crippen molar-refractivity contribution in [1.29, 1.82) is 0 Å². The second-order valence-corrected chi connectivity index (χ2v) is 9.86. The third kappa shape index (κ3) is 5.06. The van der Waals surface area contributed by atoms with E-state index in [4.69, 9.17) is 21.3 Å². The number of rotatable bonds is 6. The van der Waals surface area contributed by atoms with E-state index in [1.807, 2.05) is 54.6 Å². The molecule has 0 spiro atoms. The molecule has 4 nitrogen and oxygen atoms in total. The van der Waals surface area contributed by atoms with Crippen LogP contribution in [-0.2, 0) is 24.1 Å². The zero-order valence-corrected chi connectivity index (χ0v) is 20.5. The number of nitrogens with zero attached hydrogens (tertiary/aromatic N) is 2. The summed E-state index contributed by atoms with van der Waals surface area (Å²) in [6, 6.07) is 21.9. The molecule has 2 aliphatic rings. The van der Waals surface area contributed by atoms with Gasteiger partial charge in [-0.25, -0.2) is 4.99 Å². The zero-order chi connectivity index (χ0) is 23.5. The molecule has 1 aliphatic heterocycles. The van der Waals surface area contributed by atoms with Gasteiger partial charge in [0.05, 0.1) is 17.7 Å². The van der Waals surface area contributed by atoms with E-state index in [1.54, 1.807) is 12.0 Å². The van der Waals surface area contributed by atoms with Crippen LogP contribution in [0.4, 0.5) is 5.69 Å². The Bertz CT molecular complexity index is 1270. The Hall–Kier alpha value is -3.02. The summed E-state index contributed by atoms with van der Waals surface area (Å²) in [6.45, 7) is 0.555. The van der Waals surface area contributed by atoms with E-state index in [9.17, 15) is 4.79 Å². The zero-order valence-electron chi connectivity index (χ0n) is 19.0. The fraction of sp³-hybridized carbons (Fsp3) is 0.214. The largest absolute Gasteiger partial charge is 0.497 e. The van der Waals surface area contributed by atoms with Gasteiger partial charge in [-0.1, -0.05) is 41.9 Å². The summed E-state index contributed by atoms with van der Waals surface area (Å²) >= 11 is 7.45. The van der Waals surface area contributed by atoms with Crippen LogP contribution in [0.3, 0.4) is 0 Å². The van der Waals surface area contributed by atoms with Crippen molar-refractivity contribution in [2.45, 2.75) is 25.7 Å². The summed E-state index contributed by atoms with van der Waals surface area (Å²) in [5.74, 6) is 0.803. The Balaban J connectivity index is 1.43. The number of ether oxygens (including phenoxy) is 1. The van der Waals surface area contributed by atoms with Crippen molar-refractivity contribution in [3.63, 3.8) is 0 Å². The lowest BCUT2D eigenvalue weighted by molar-refractivity contribution is -0.122. The number of carbonyl (C=O) groups excluding carboxylic acids is 1. The molecule has 0 saturated carbocycles. The van der Waals surface area contributed by atoms with Crippen molar-refractivity contribution < 1.29 is 9.53 Å². The molecular formula is C28H25ClN2O2S. The highest BCUT2D eigenvalue weighted by Crippen LogP contribution is 2.35. The van der Waals surface area contributed by atoms with Gasteiger partial charge in [0.2, 0.25) is 0 Å². The van der Waals surface area contributed by atoms with Crippen LogP contribution in [0.2, 0.25) is 5.02 Å². The number of aryl methyl sites for hydroxylation is 2. The Morgan fingerprint density at radius 3 is 2.56 bits per heavy atom. The Morgan fingerprint density at radius 2 is 1.79 bits per heavy atom. The van der Waals surface area contributed by atoms with Crippen LogP contribution in [0.15, 0.2) is 76.6 Å². The lowest BCUT2D eigenvalue weighted by Gasteiger charge is -2.16. The number of fused-ring (bicyclic) bond motifs is 1. The van der Waals surface area contributed by atoms with Crippen LogP contribution >= 0.6 is 23.4 Å². The molecule has 0 radical (unpaired) electrons. The SMILES string of the molecule is COc1ccc(CCN2C(=O)/C(=C\c3ccc(Cl)cc3)SC2=Nc2ccc3c(c2)CCC3)cc1. The number of amides is 1. The van der Waals surface area contributed by atoms with Gasteiger partial charge in [-0.15, -0.1) is 0 Å². The van der Waals surface area contributed by atoms with Gasteiger partial charge in [0.25, 0.3) is 5.91 Å². The van der Waals surface area contributed by atoms with E-state index in [2.05, 4.69) is 18.2 Å². The van der Waals surface area contributed by atoms with Crippen LogP contribution in [-0.4, -0.2) is 29.6 Å². The molecule has 5 rings (SSSR count). The lowest BCUT2D eigenvalue weighted by Crippen LogP contribution is -2.31. The molecule has 1 heterocycles. The van der Waals surface area contributed by atoms with E-state index < -0.39 is 0 Å². The fourth-order valence-electron chi connectivity index (χ4n) is 4.27. The number of amidine groups is 1. The van der Waals surface area contributed by atoms with Crippen LogP contribution in [0.25, 0.3) is 6.08 Å². The van der Waals surface area contributed by atoms with Crippen LogP contribution < -0.4 is 4.74 Å². The van der Waals surface area contributed by atoms with Gasteiger partial charge in [-0.2, -0.15) is 0 Å². The minimum Gasteiger partial charge on any atom is -0.497 e. The molecule has 0 unspecified atom stereocenters. The number of carbonyl (C=O) groups is 1. The minimum absolute atomic E-state index is 0.0200. The topological polar surface area (TPSA) is 41.9 Å². The molecule has 0 bridgehead atoms. The predicted molar refractivity (Wildman–Crippen MR) is 141 cm³/mol. The van der Waals surface area contributed by atoms with Crippen molar-refractivity contribution in [2.24, 2.45) is 4.99 Å². The third-order valence-corrected chi connectivity index (χ3v) is 7.40. The molecule has 3 aromatic carbocycles. The molecule has 0 atom stereocenters. The van der Waals surface area contributed by atoms with Gasteiger partial charge in [-0.3, -0.25) is 9.69 Å². The average Bonchev–Trinajstić information content (AvgIpc) is 3.43. The first kappa shape index (κ1) is 22.8. The number of thioether (sulfide) groups is 1. The molecule has 0 N–H and O–H groups in total. The summed E-state index contributed by atoms with van der Waals surface area (Å²) in [4.78, 5) is 20.8. The van der Waals surface area contributed by atoms with Crippen molar-refractivity contribution >= 4 is 46.2 Å². The van der Waals surface area contributed by atoms with Crippen molar-refractivity contribution in [3.05, 3.63) is 98.9 Å². The summed E-state index contributed by atoms with van der Waals surface area (Å²) < 4.78 is 5.25. The molecular weight excluding hydrogens is 464 g/mol. The molecule has 1 amide bonds. The molecule has 0 aromatic heterocycles. The maximum Gasteiger partial charge on any atom is 0.266 e. The highest BCUT2D eigenvalue weighted by atomic mass is 35.5. The summed E-state index contributed by atoms with van der Waals surface area (Å²) in [5, 5.41) is 1.39. The average molecular weight is 489 g/mol. The van der Waals surface area contributed by atoms with Crippen molar-refractivity contribution in [3.8, 4) is 5.75 Å². The van der Waals surface area contributed by atoms with Crippen molar-refractivity contribution in [1.82, 2.24) is 4.90 Å². The number of benzene rings is 3. The van der Waals surface area contributed by atoms with Gasteiger partial charge >= 0.3 is 0 Å². The van der Waals surface area contributed by atoms with E-state index in [0.29, 0.717) is 16.5 Å². The standard InChI is InChI=1S/C28H25ClN2O2S/c1-33-25-13-7-19(8-14-25)15-16-31-27(32)26(17-20-5-10-23(29)11-6-20)34-28(31)30-24-12-9-21-3-2-4-22(21)18-24/h5-14,17-18H,2-4,15-16H2,1H3/b26-17+,30-28?. The monoisotopic (exact) mass is 488 g/mol. The minimum atomic E-state index is -0.0200. The first-order valence-corrected chi connectivity index (χ1v) is 12.6. The Kier molecular flexibility index (Phi) is 6.75. The predicted octanol–water partition coefficient (Wildman–Crippen LogP) is 6.68. The molecule has 34 heavy (non-hydrogen) atoms. The lowest BCUT2D eigenvalue weighted by atomic mass is 10.1. The molecule has 1 saturated heterocycles. The Morgan fingerprint density at radius 1 is 1.03 bits per heavy atom. The number of halogens is 1. The summed E-state index contributed by atoms with van der Waals surface area (Å²) in [7, 11) is 1.66. The molecule has 1 aliphatic carbocycles. The first-order chi connectivity index (χ1) is 16.6. The molecule has 1 fully saturated rings. The number of hydrogen-bond donors (Lipinski definition) is 0. The smallest absolute Gasteiger partial charge is 0.266 e. The summed E-state index contributed by atoms with van der Waals surface area (Å²) in [6.07, 6.45) is 6.08. The van der Waals surface area contributed by atoms with E-state index in [0.717, 1.165) is 47.0 Å². The highest BCUT2D eigenvalue weighted by molar-refractivity contribution is 8.18. The van der Waals surface area contributed by atoms with Crippen LogP contribution in [0, 0.1) is 0 Å². The quantitative estimate of drug-likeness (QED) is 0.363. The maximum atomic E-state index is 13.4. The third-order valence-electron chi connectivity index (χ3n) is 6.15. The van der Waals surface area contributed by atoms with E-state index in [1.165, 1.54) is 29.3 Å². The number of hydrogen-bond acceptors (Lipinski definition) is 4. The fourth-order valence-corrected chi connectivity index (χ4v) is 5.42. The van der Waals surface area contributed by atoms with Gasteiger partial charge in [0.1, 0.15) is 5.75 Å². The maximum absolute atomic E-state index is 13.4. The van der Waals surface area contributed by atoms with Gasteiger partial charge in [0, 0.05) is 11.6 Å². The first-order valence-electron chi connectivity index (χ1n) is 11.4. The van der Waals surface area contributed by atoms with Crippen molar-refractivity contribution in [2.75, 3.05) is 13.7 Å². The second-order valence-electron chi connectivity index (χ2n) is 8.42. The van der Waals surface area contributed by atoms with E-state index >= 15 is 0 Å². The molecule has 3 aromatic rings. The molecule has 172 valence electrons. The van der Waals surface area contributed by atoms with E-state index in [-0.39, 0.29) is 5.91 Å².